The molecule has 0 aliphatic heterocycles. The van der Waals surface area contributed by atoms with E-state index in [1.807, 2.05) is 0 Å². The Hall–Kier alpha value is -2.62. The molecule has 0 unspecified atom stereocenters. The van der Waals surface area contributed by atoms with E-state index in [-0.39, 0.29) is 14.5 Å². The van der Waals surface area contributed by atoms with Gasteiger partial charge in [-0.05, 0) is 34.6 Å². The van der Waals surface area contributed by atoms with Gasteiger partial charge in [-0.25, -0.2) is 9.59 Å². The van der Waals surface area contributed by atoms with E-state index < -0.39 is 65.0 Å². The van der Waals surface area contributed by atoms with Crippen LogP contribution in [-0.4, -0.2) is 58.9 Å². The first kappa shape index (κ1) is 23.7. The molecular formula is C20H32N2O8. The molecule has 2 rings (SSSR count). The topological polar surface area (TPSA) is 140 Å². The first-order chi connectivity index (χ1) is 13.9. The number of aliphatic hydroxyl groups is 1. The number of aliphatic hydroxyl groups excluding tert-OH is 1. The third kappa shape index (κ3) is 4.75. The molecular weight excluding hydrogens is 396 g/mol. The van der Waals surface area contributed by atoms with E-state index in [0.29, 0.717) is 0 Å². The molecule has 0 heterocycles. The molecule has 0 aromatic heterocycles. The smallest absolute Gasteiger partial charge is 0.408 e. The van der Waals surface area contributed by atoms with Crippen LogP contribution in [0.15, 0.2) is 12.8 Å². The summed E-state index contributed by atoms with van der Waals surface area (Å²) >= 11 is 0. The number of nitrogens with one attached hydrogen (secondary N) is 2. The number of fused-ring (bicyclic) bond motifs is 1. The molecule has 2 aliphatic carbocycles. The van der Waals surface area contributed by atoms with Crippen LogP contribution in [-0.2, 0) is 28.6 Å². The highest BCUT2D eigenvalue weighted by Crippen LogP contribution is 2.63. The monoisotopic (exact) mass is 428 g/mol. The van der Waals surface area contributed by atoms with Gasteiger partial charge in [-0.2, -0.15) is 0 Å². The predicted octanol–water partition coefficient (Wildman–Crippen LogP) is 0.877. The van der Waals surface area contributed by atoms with Crippen LogP contribution in [0.1, 0.15) is 42.5 Å². The Balaban J connectivity index is 0.00000480. The van der Waals surface area contributed by atoms with E-state index in [4.69, 9.17) is 14.2 Å². The van der Waals surface area contributed by atoms with Gasteiger partial charge < -0.3 is 30.0 Å². The van der Waals surface area contributed by atoms with Crippen molar-refractivity contribution in [3.63, 3.8) is 0 Å². The summed E-state index contributed by atoms with van der Waals surface area (Å²) in [5.74, 6) is -4.06. The number of ether oxygens (including phenoxy) is 3. The molecule has 170 valence electrons. The highest BCUT2D eigenvalue weighted by Gasteiger charge is 2.76. The molecule has 0 bridgehead atoms. The van der Waals surface area contributed by atoms with Crippen molar-refractivity contribution in [1.29, 1.82) is 0 Å². The van der Waals surface area contributed by atoms with E-state index in [1.165, 1.54) is 6.92 Å². The number of hydrogen-bond donors (Lipinski definition) is 3. The summed E-state index contributed by atoms with van der Waals surface area (Å²) in [5.41, 5.74) is -2.35. The lowest BCUT2D eigenvalue weighted by atomic mass is 9.89. The van der Waals surface area contributed by atoms with Crippen LogP contribution in [0.4, 0.5) is 4.79 Å². The molecule has 2 aliphatic rings. The Morgan fingerprint density at radius 3 is 2.50 bits per heavy atom. The summed E-state index contributed by atoms with van der Waals surface area (Å²) in [4.78, 5) is 49.7. The summed E-state index contributed by atoms with van der Waals surface area (Å²) in [7, 11) is 0. The minimum Gasteiger partial charge on any atom is -0.464 e. The number of esters is 2. The van der Waals surface area contributed by atoms with Crippen molar-refractivity contribution >= 4 is 23.9 Å². The van der Waals surface area contributed by atoms with Crippen LogP contribution in [0.5, 0.6) is 0 Å². The summed E-state index contributed by atoms with van der Waals surface area (Å²) in [5, 5.41) is 15.4. The second kappa shape index (κ2) is 8.63. The average Bonchev–Trinajstić information content (AvgIpc) is 3.29. The molecule has 3 N–H and O–H groups in total. The van der Waals surface area contributed by atoms with Crippen molar-refractivity contribution < 1.29 is 39.9 Å². The second-order valence-electron chi connectivity index (χ2n) is 8.55. The lowest BCUT2D eigenvalue weighted by Crippen LogP contribution is -2.61. The zero-order valence-corrected chi connectivity index (χ0v) is 17.9. The molecule has 10 nitrogen and oxygen atoms in total. The van der Waals surface area contributed by atoms with Gasteiger partial charge in [0.1, 0.15) is 17.2 Å². The molecule has 0 aromatic rings. The second-order valence-corrected chi connectivity index (χ2v) is 8.55. The van der Waals surface area contributed by atoms with Crippen LogP contribution >= 0.6 is 0 Å². The molecule has 2 saturated carbocycles. The van der Waals surface area contributed by atoms with Crippen LogP contribution < -0.4 is 10.6 Å². The van der Waals surface area contributed by atoms with E-state index in [0.717, 1.165) is 6.26 Å². The summed E-state index contributed by atoms with van der Waals surface area (Å²) < 4.78 is 15.1. The van der Waals surface area contributed by atoms with E-state index in [2.05, 4.69) is 17.2 Å². The fourth-order valence-electron chi connectivity index (χ4n) is 4.06. The predicted molar refractivity (Wildman–Crippen MR) is 106 cm³/mol. The van der Waals surface area contributed by atoms with Crippen molar-refractivity contribution in [1.82, 2.24) is 10.6 Å². The van der Waals surface area contributed by atoms with Crippen LogP contribution in [0.3, 0.4) is 0 Å². The largest absolute Gasteiger partial charge is 0.464 e. The standard InChI is InChI=1S/C20H30N2O8.H2/c1-7-28-16(25)13-12-11(23)9-20(14(12)13,17(26)29-8-2)22-15(24)10(3)21-18(27)30-19(4,5)6;/h7,10-14,23H,1,8-9H2,2-6H3,(H,21,27)(H,22,24);1H/t10-,11-,12-,13-,14-,20+;/m0./s1. The molecule has 2 amide bonds. The van der Waals surface area contributed by atoms with Gasteiger partial charge in [-0.1, -0.05) is 6.58 Å². The number of amides is 2. The van der Waals surface area contributed by atoms with Crippen LogP contribution in [0.2, 0.25) is 0 Å². The van der Waals surface area contributed by atoms with Crippen molar-refractivity contribution in [2.75, 3.05) is 6.61 Å². The number of rotatable bonds is 7. The van der Waals surface area contributed by atoms with Crippen LogP contribution in [0.25, 0.3) is 0 Å². The van der Waals surface area contributed by atoms with Gasteiger partial charge in [0.15, 0.2) is 0 Å². The number of hydrogen-bond acceptors (Lipinski definition) is 8. The van der Waals surface area contributed by atoms with Crippen molar-refractivity contribution in [2.45, 2.75) is 64.3 Å². The van der Waals surface area contributed by atoms with E-state index in [9.17, 15) is 24.3 Å². The minimum atomic E-state index is -1.61. The normalized spacial score (nSPS) is 30.3. The quantitative estimate of drug-likeness (QED) is 0.308. The Kier molecular flexibility index (Phi) is 6.80. The number of carbonyl (C=O) groups excluding carboxylic acids is 4. The molecule has 0 aromatic carbocycles. The number of carbonyl (C=O) groups is 4. The third-order valence-electron chi connectivity index (χ3n) is 5.20. The SMILES string of the molecule is C=COC(=O)[C@H]1[C@H]2[C@@H]1[C@@](NC(=O)[C@H](C)NC(=O)OC(C)(C)C)(C(=O)OCC)C[C@@H]2O.[HH]. The molecule has 0 radical (unpaired) electrons. The maximum absolute atomic E-state index is 12.8. The minimum absolute atomic E-state index is 0. The van der Waals surface area contributed by atoms with Gasteiger partial charge in [0.05, 0.1) is 24.9 Å². The van der Waals surface area contributed by atoms with Crippen LogP contribution in [0, 0.1) is 17.8 Å². The van der Waals surface area contributed by atoms with E-state index >= 15 is 0 Å². The van der Waals surface area contributed by atoms with Gasteiger partial charge in [-0.15, -0.1) is 0 Å². The maximum atomic E-state index is 12.8. The molecule has 6 atom stereocenters. The highest BCUT2D eigenvalue weighted by atomic mass is 16.6. The van der Waals surface area contributed by atoms with Crippen molar-refractivity contribution in [3.8, 4) is 0 Å². The molecule has 30 heavy (non-hydrogen) atoms. The Bertz CT molecular complexity index is 737. The molecule has 0 spiro atoms. The molecule has 2 fully saturated rings. The Labute approximate surface area is 176 Å². The molecule has 10 heteroatoms. The van der Waals surface area contributed by atoms with Gasteiger partial charge in [-0.3, -0.25) is 9.59 Å². The van der Waals surface area contributed by atoms with Crippen molar-refractivity contribution in [2.24, 2.45) is 17.8 Å². The Morgan fingerprint density at radius 1 is 1.33 bits per heavy atom. The first-order valence-electron chi connectivity index (χ1n) is 9.86. The average molecular weight is 428 g/mol. The summed E-state index contributed by atoms with van der Waals surface area (Å²) in [6.07, 6.45) is -0.931. The lowest BCUT2D eigenvalue weighted by Gasteiger charge is -2.32. The zero-order chi connectivity index (χ0) is 22.9. The maximum Gasteiger partial charge on any atom is 0.408 e. The van der Waals surface area contributed by atoms with Gasteiger partial charge in [0.2, 0.25) is 5.91 Å². The first-order valence-corrected chi connectivity index (χ1v) is 9.86. The highest BCUT2D eigenvalue weighted by molar-refractivity contribution is 5.94. The summed E-state index contributed by atoms with van der Waals surface area (Å²) in [6, 6.07) is -1.04. The summed E-state index contributed by atoms with van der Waals surface area (Å²) in [6.45, 7) is 11.5. The lowest BCUT2D eigenvalue weighted by molar-refractivity contribution is -0.156. The van der Waals surface area contributed by atoms with Gasteiger partial charge in [0, 0.05) is 19.7 Å². The molecule has 0 saturated heterocycles. The number of alkyl carbamates (subject to hydrolysis) is 1. The zero-order valence-electron chi connectivity index (χ0n) is 17.9. The van der Waals surface area contributed by atoms with E-state index in [1.54, 1.807) is 27.7 Å². The van der Waals surface area contributed by atoms with Gasteiger partial charge >= 0.3 is 18.0 Å². The fraction of sp³-hybridized carbons (Fsp3) is 0.700. The fourth-order valence-corrected chi connectivity index (χ4v) is 4.06. The van der Waals surface area contributed by atoms with Crippen molar-refractivity contribution in [3.05, 3.63) is 12.8 Å². The Morgan fingerprint density at radius 2 is 1.97 bits per heavy atom. The van der Waals surface area contributed by atoms with Gasteiger partial charge in [0.25, 0.3) is 0 Å². The third-order valence-corrected chi connectivity index (χ3v) is 5.20.